The Hall–Kier alpha value is -1.16. The minimum Gasteiger partial charge on any atom is -0.326 e. The van der Waals surface area contributed by atoms with Crippen LogP contribution in [0.15, 0.2) is 42.5 Å². The summed E-state index contributed by atoms with van der Waals surface area (Å²) >= 11 is 6.19. The van der Waals surface area contributed by atoms with Crippen LogP contribution in [0.5, 0.6) is 0 Å². The molecule has 0 bridgehead atoms. The minimum atomic E-state index is -0.965. The maximum atomic E-state index is 12.2. The van der Waals surface area contributed by atoms with Crippen LogP contribution in [0.25, 0.3) is 0 Å². The van der Waals surface area contributed by atoms with Crippen LogP contribution >= 0.6 is 11.6 Å². The van der Waals surface area contributed by atoms with E-state index in [0.29, 0.717) is 23.1 Å². The summed E-state index contributed by atoms with van der Waals surface area (Å²) < 4.78 is 12.2. The molecule has 0 saturated heterocycles. The van der Waals surface area contributed by atoms with Gasteiger partial charge in [0.1, 0.15) is 0 Å². The average molecular weight is 308 g/mol. The normalized spacial score (nSPS) is 12.3. The van der Waals surface area contributed by atoms with Crippen LogP contribution < -0.4 is 5.73 Å². The Bertz CT molecular complexity index is 628. The zero-order chi connectivity index (χ0) is 14.5. The van der Waals surface area contributed by atoms with E-state index in [1.807, 2.05) is 43.3 Å². The summed E-state index contributed by atoms with van der Waals surface area (Å²) in [6.45, 7) is 2.50. The van der Waals surface area contributed by atoms with Gasteiger partial charge >= 0.3 is 0 Å². The first-order valence-corrected chi connectivity index (χ1v) is 8.33. The van der Waals surface area contributed by atoms with E-state index in [9.17, 15) is 4.21 Å². The molecular formula is C16H18ClNOS. The number of aryl methyl sites for hydroxylation is 1. The monoisotopic (exact) mass is 307 g/mol. The maximum Gasteiger partial charge on any atom is 0.0503 e. The third-order valence-electron chi connectivity index (χ3n) is 3.08. The molecule has 0 saturated carbocycles. The summed E-state index contributed by atoms with van der Waals surface area (Å²) in [7, 11) is -0.965. The summed E-state index contributed by atoms with van der Waals surface area (Å²) in [4.78, 5) is 0. The van der Waals surface area contributed by atoms with Crippen molar-refractivity contribution in [3.05, 3.63) is 69.7 Å². The molecule has 0 aliphatic heterocycles. The molecule has 2 aromatic carbocycles. The number of nitrogens with two attached hydrogens (primary N) is 1. The number of hydrogen-bond donors (Lipinski definition) is 1. The molecule has 0 fully saturated rings. The second kappa shape index (κ2) is 7.02. The molecule has 2 nitrogen and oxygen atoms in total. The smallest absolute Gasteiger partial charge is 0.0503 e. The highest BCUT2D eigenvalue weighted by atomic mass is 35.5. The lowest BCUT2D eigenvalue weighted by molar-refractivity contribution is 0.682. The highest BCUT2D eigenvalue weighted by Crippen LogP contribution is 2.20. The van der Waals surface area contributed by atoms with Crippen molar-refractivity contribution in [1.82, 2.24) is 0 Å². The second-order valence-corrected chi connectivity index (χ2v) is 6.71. The van der Waals surface area contributed by atoms with Gasteiger partial charge in [-0.2, -0.15) is 0 Å². The lowest BCUT2D eigenvalue weighted by Gasteiger charge is -2.07. The van der Waals surface area contributed by atoms with Crippen LogP contribution in [0.2, 0.25) is 5.02 Å². The Morgan fingerprint density at radius 2 is 1.90 bits per heavy atom. The molecule has 0 spiro atoms. The van der Waals surface area contributed by atoms with Crippen LogP contribution in [-0.4, -0.2) is 4.21 Å². The van der Waals surface area contributed by atoms with Crippen LogP contribution in [-0.2, 0) is 28.9 Å². The van der Waals surface area contributed by atoms with Gasteiger partial charge in [0.25, 0.3) is 0 Å². The molecule has 1 atom stereocenters. The number of hydrogen-bond acceptors (Lipinski definition) is 2. The molecule has 20 heavy (non-hydrogen) atoms. The van der Waals surface area contributed by atoms with Gasteiger partial charge in [0.2, 0.25) is 0 Å². The highest BCUT2D eigenvalue weighted by molar-refractivity contribution is 7.83. The lowest BCUT2D eigenvalue weighted by Crippen LogP contribution is -2.02. The third kappa shape index (κ3) is 4.17. The molecule has 0 heterocycles. The standard InChI is InChI=1S/C16H18ClNOS/c1-12-3-2-4-14(7-12)10-20(19)11-15-6-5-13(9-18)8-16(15)17/h2-8H,9-11,18H2,1H3. The van der Waals surface area contributed by atoms with E-state index in [2.05, 4.69) is 6.07 Å². The second-order valence-electron chi connectivity index (χ2n) is 4.85. The summed E-state index contributed by atoms with van der Waals surface area (Å²) in [5.41, 5.74) is 9.75. The van der Waals surface area contributed by atoms with Gasteiger partial charge in [-0.05, 0) is 29.7 Å². The summed E-state index contributed by atoms with van der Waals surface area (Å²) in [6, 6.07) is 13.8. The summed E-state index contributed by atoms with van der Waals surface area (Å²) in [5, 5.41) is 0.644. The van der Waals surface area contributed by atoms with Crippen molar-refractivity contribution in [2.75, 3.05) is 0 Å². The maximum absolute atomic E-state index is 12.2. The van der Waals surface area contributed by atoms with Crippen molar-refractivity contribution in [1.29, 1.82) is 0 Å². The van der Waals surface area contributed by atoms with Gasteiger partial charge in [0.15, 0.2) is 0 Å². The lowest BCUT2D eigenvalue weighted by atomic mass is 10.1. The topological polar surface area (TPSA) is 43.1 Å². The molecule has 1 unspecified atom stereocenters. The van der Waals surface area contributed by atoms with Crippen LogP contribution in [0.3, 0.4) is 0 Å². The van der Waals surface area contributed by atoms with Crippen LogP contribution in [0.4, 0.5) is 0 Å². The van der Waals surface area contributed by atoms with E-state index in [0.717, 1.165) is 16.7 Å². The number of halogens is 1. The van der Waals surface area contributed by atoms with E-state index in [4.69, 9.17) is 17.3 Å². The van der Waals surface area contributed by atoms with Crippen molar-refractivity contribution in [3.63, 3.8) is 0 Å². The Morgan fingerprint density at radius 1 is 1.10 bits per heavy atom. The van der Waals surface area contributed by atoms with E-state index in [-0.39, 0.29) is 0 Å². The fourth-order valence-corrected chi connectivity index (χ4v) is 3.65. The Balaban J connectivity index is 2.05. The largest absolute Gasteiger partial charge is 0.326 e. The zero-order valence-corrected chi connectivity index (χ0v) is 13.0. The first-order chi connectivity index (χ1) is 9.58. The van der Waals surface area contributed by atoms with Crippen molar-refractivity contribution >= 4 is 22.4 Å². The first kappa shape index (κ1) is 15.2. The quantitative estimate of drug-likeness (QED) is 0.918. The SMILES string of the molecule is Cc1cccc(CS(=O)Cc2ccc(CN)cc2Cl)c1. The highest BCUT2D eigenvalue weighted by Gasteiger charge is 2.07. The fourth-order valence-electron chi connectivity index (χ4n) is 2.05. The van der Waals surface area contributed by atoms with Crippen LogP contribution in [0.1, 0.15) is 22.3 Å². The van der Waals surface area contributed by atoms with Gasteiger partial charge in [-0.1, -0.05) is 53.6 Å². The zero-order valence-electron chi connectivity index (χ0n) is 11.4. The van der Waals surface area contributed by atoms with Gasteiger partial charge in [0, 0.05) is 28.1 Å². The predicted molar refractivity (Wildman–Crippen MR) is 86.1 cm³/mol. The van der Waals surface area contributed by atoms with Gasteiger partial charge < -0.3 is 5.73 Å². The number of benzene rings is 2. The fraction of sp³-hybridized carbons (Fsp3) is 0.250. The van der Waals surface area contributed by atoms with Gasteiger partial charge in [-0.25, -0.2) is 0 Å². The predicted octanol–water partition coefficient (Wildman–Crippen LogP) is 3.56. The van der Waals surface area contributed by atoms with Crippen LogP contribution in [0, 0.1) is 6.92 Å². The Labute approximate surface area is 127 Å². The minimum absolute atomic E-state index is 0.465. The number of rotatable bonds is 5. The molecule has 4 heteroatoms. The molecule has 0 radical (unpaired) electrons. The molecular weight excluding hydrogens is 290 g/mol. The average Bonchev–Trinajstić information content (AvgIpc) is 2.41. The van der Waals surface area contributed by atoms with E-state index < -0.39 is 10.8 Å². The van der Waals surface area contributed by atoms with E-state index >= 15 is 0 Å². The molecule has 0 aromatic heterocycles. The molecule has 106 valence electrons. The molecule has 0 aliphatic rings. The summed E-state index contributed by atoms with van der Waals surface area (Å²) in [5.74, 6) is 1.02. The van der Waals surface area contributed by atoms with E-state index in [1.54, 1.807) is 0 Å². The van der Waals surface area contributed by atoms with E-state index in [1.165, 1.54) is 5.56 Å². The van der Waals surface area contributed by atoms with Gasteiger partial charge in [-0.3, -0.25) is 4.21 Å². The molecule has 0 aliphatic carbocycles. The Morgan fingerprint density at radius 3 is 2.55 bits per heavy atom. The molecule has 0 amide bonds. The van der Waals surface area contributed by atoms with Crippen molar-refractivity contribution in [3.8, 4) is 0 Å². The van der Waals surface area contributed by atoms with Gasteiger partial charge in [-0.15, -0.1) is 0 Å². The molecule has 2 rings (SSSR count). The molecule has 2 N–H and O–H groups in total. The first-order valence-electron chi connectivity index (χ1n) is 6.46. The van der Waals surface area contributed by atoms with Crippen molar-refractivity contribution in [2.24, 2.45) is 5.73 Å². The van der Waals surface area contributed by atoms with Gasteiger partial charge in [0.05, 0.1) is 5.75 Å². The van der Waals surface area contributed by atoms with Crippen molar-refractivity contribution < 1.29 is 4.21 Å². The Kier molecular flexibility index (Phi) is 5.35. The molecule has 2 aromatic rings. The third-order valence-corrected chi connectivity index (χ3v) is 4.72. The van der Waals surface area contributed by atoms with Crippen molar-refractivity contribution in [2.45, 2.75) is 25.0 Å². The summed E-state index contributed by atoms with van der Waals surface area (Å²) in [6.07, 6.45) is 0.